The molecule has 2 aliphatic rings. The maximum atomic E-state index is 14.1. The molecule has 0 bridgehead atoms. The zero-order valence-electron chi connectivity index (χ0n) is 23.1. The van der Waals surface area contributed by atoms with Gasteiger partial charge in [0.2, 0.25) is 5.91 Å². The molecule has 1 spiro atoms. The molecule has 3 aromatic carbocycles. The molecule has 0 saturated carbocycles. The second-order valence-electron chi connectivity index (χ2n) is 11.3. The van der Waals surface area contributed by atoms with Crippen LogP contribution in [-0.2, 0) is 30.2 Å². The third-order valence-corrected chi connectivity index (χ3v) is 8.96. The number of nitrogens with zero attached hydrogens (tertiary/aromatic N) is 3. The Kier molecular flexibility index (Phi) is 7.11. The summed E-state index contributed by atoms with van der Waals surface area (Å²) in [4.78, 5) is 17.5. The van der Waals surface area contributed by atoms with Crippen molar-refractivity contribution in [2.24, 2.45) is 7.05 Å². The molecule has 40 heavy (non-hydrogen) atoms. The molecular formula is C33H36FN3O3. The summed E-state index contributed by atoms with van der Waals surface area (Å²) >= 11 is 0. The van der Waals surface area contributed by atoms with Crippen LogP contribution in [0, 0.1) is 5.82 Å². The van der Waals surface area contributed by atoms with E-state index in [1.807, 2.05) is 47.4 Å². The maximum Gasteiger partial charge on any atom is 0.226 e. The maximum absolute atomic E-state index is 14.1. The zero-order valence-corrected chi connectivity index (χ0v) is 23.1. The van der Waals surface area contributed by atoms with E-state index in [1.54, 1.807) is 19.2 Å². The summed E-state index contributed by atoms with van der Waals surface area (Å²) in [5.41, 5.74) is 5.15. The number of likely N-dealkylation sites (tertiary alicyclic amines) is 1. The highest BCUT2D eigenvalue weighted by Gasteiger charge is 2.48. The fourth-order valence-electron chi connectivity index (χ4n) is 6.97. The van der Waals surface area contributed by atoms with Crippen molar-refractivity contribution in [3.63, 3.8) is 0 Å². The van der Waals surface area contributed by atoms with E-state index < -0.39 is 0 Å². The summed E-state index contributed by atoms with van der Waals surface area (Å²) < 4.78 is 21.9. The zero-order chi connectivity index (χ0) is 27.9. The van der Waals surface area contributed by atoms with Gasteiger partial charge < -0.3 is 19.3 Å². The summed E-state index contributed by atoms with van der Waals surface area (Å²) in [5, 5.41) is 11.9. The Hall–Kier alpha value is -3.68. The number of aromatic nitrogens is 1. The topological polar surface area (TPSA) is 57.9 Å². The van der Waals surface area contributed by atoms with Crippen molar-refractivity contribution in [1.29, 1.82) is 0 Å². The number of halogens is 1. The Morgan fingerprint density at radius 1 is 1.02 bits per heavy atom. The lowest BCUT2D eigenvalue weighted by atomic mass is 9.68. The lowest BCUT2D eigenvalue weighted by molar-refractivity contribution is -0.132. The largest absolute Gasteiger partial charge is 0.497 e. The van der Waals surface area contributed by atoms with Gasteiger partial charge in [-0.15, -0.1) is 0 Å². The van der Waals surface area contributed by atoms with Gasteiger partial charge in [0.05, 0.1) is 31.7 Å². The minimum atomic E-state index is -0.257. The quantitative estimate of drug-likeness (QED) is 0.374. The minimum Gasteiger partial charge on any atom is -0.497 e. The molecule has 208 valence electrons. The van der Waals surface area contributed by atoms with Crippen LogP contribution in [-0.4, -0.2) is 58.7 Å². The van der Waals surface area contributed by atoms with Gasteiger partial charge in [-0.3, -0.25) is 9.69 Å². The Morgan fingerprint density at radius 3 is 2.48 bits per heavy atom. The van der Waals surface area contributed by atoms with Crippen molar-refractivity contribution in [1.82, 2.24) is 14.4 Å². The number of aliphatic hydroxyl groups is 1. The smallest absolute Gasteiger partial charge is 0.226 e. The molecule has 3 heterocycles. The Balaban J connectivity index is 1.38. The number of aryl methyl sites for hydroxylation is 1. The molecule has 0 unspecified atom stereocenters. The second kappa shape index (κ2) is 10.7. The monoisotopic (exact) mass is 541 g/mol. The van der Waals surface area contributed by atoms with Crippen LogP contribution in [0.2, 0.25) is 0 Å². The number of benzene rings is 3. The van der Waals surface area contributed by atoms with Crippen LogP contribution in [0.3, 0.4) is 0 Å². The molecule has 4 aromatic rings. The van der Waals surface area contributed by atoms with Gasteiger partial charge in [0.25, 0.3) is 0 Å². The van der Waals surface area contributed by atoms with Crippen LogP contribution in [0.25, 0.3) is 10.9 Å². The summed E-state index contributed by atoms with van der Waals surface area (Å²) in [6.07, 6.45) is 2.05. The van der Waals surface area contributed by atoms with Gasteiger partial charge in [0.1, 0.15) is 11.6 Å². The Bertz CT molecular complexity index is 1520. The molecule has 7 heteroatoms. The van der Waals surface area contributed by atoms with E-state index >= 15 is 0 Å². The van der Waals surface area contributed by atoms with Crippen LogP contribution in [0.5, 0.6) is 5.75 Å². The number of carbonyl (C=O) groups excluding carboxylic acids is 1. The third-order valence-electron chi connectivity index (χ3n) is 8.96. The highest BCUT2D eigenvalue weighted by molar-refractivity contribution is 5.89. The predicted molar refractivity (Wildman–Crippen MR) is 154 cm³/mol. The van der Waals surface area contributed by atoms with Crippen molar-refractivity contribution in [3.8, 4) is 5.75 Å². The number of methoxy groups -OCH3 is 1. The van der Waals surface area contributed by atoms with Crippen LogP contribution in [0.1, 0.15) is 41.3 Å². The normalized spacial score (nSPS) is 18.7. The molecule has 1 aromatic heterocycles. The molecule has 1 atom stereocenters. The number of aliphatic hydroxyl groups excluding tert-OH is 1. The Labute approximate surface area is 234 Å². The molecular weight excluding hydrogens is 505 g/mol. The molecule has 1 saturated heterocycles. The van der Waals surface area contributed by atoms with Gasteiger partial charge >= 0.3 is 0 Å². The van der Waals surface area contributed by atoms with Crippen LogP contribution in [0.4, 0.5) is 4.39 Å². The van der Waals surface area contributed by atoms with E-state index in [1.165, 1.54) is 17.0 Å². The lowest BCUT2D eigenvalue weighted by Crippen LogP contribution is -2.54. The van der Waals surface area contributed by atoms with Crippen molar-refractivity contribution in [3.05, 3.63) is 101 Å². The number of hydrogen-bond donors (Lipinski definition) is 1. The van der Waals surface area contributed by atoms with E-state index in [4.69, 9.17) is 4.74 Å². The first-order valence-corrected chi connectivity index (χ1v) is 14.0. The summed E-state index contributed by atoms with van der Waals surface area (Å²) in [7, 11) is 3.73. The van der Waals surface area contributed by atoms with E-state index in [0.717, 1.165) is 47.5 Å². The standard InChI is InChI=1S/C33H36FN3O3/c1-35-28-19-26(40-2)11-12-27(28)31-32(35)29(21-38)37(20-24-9-6-10-25(34)17-24)22-33(31)13-15-36(16-14-33)30(39)18-23-7-4-3-5-8-23/h3-12,17,19,29,38H,13-16,18,20-22H2,1-2H3/t29-/m0/s1. The fraction of sp³-hybridized carbons (Fsp3) is 0.364. The van der Waals surface area contributed by atoms with Crippen molar-refractivity contribution >= 4 is 16.8 Å². The number of piperidine rings is 1. The first kappa shape index (κ1) is 26.5. The van der Waals surface area contributed by atoms with Crippen molar-refractivity contribution in [2.45, 2.75) is 37.3 Å². The highest BCUT2D eigenvalue weighted by atomic mass is 19.1. The molecule has 6 rings (SSSR count). The molecule has 1 amide bonds. The van der Waals surface area contributed by atoms with Crippen LogP contribution in [0.15, 0.2) is 72.8 Å². The first-order chi connectivity index (χ1) is 19.4. The van der Waals surface area contributed by atoms with Crippen molar-refractivity contribution in [2.75, 3.05) is 33.4 Å². The van der Waals surface area contributed by atoms with E-state index in [-0.39, 0.29) is 29.8 Å². The number of hydrogen-bond acceptors (Lipinski definition) is 4. The van der Waals surface area contributed by atoms with Gasteiger partial charge in [-0.05, 0) is 53.8 Å². The average molecular weight is 542 g/mol. The van der Waals surface area contributed by atoms with Gasteiger partial charge in [0.15, 0.2) is 0 Å². The highest BCUT2D eigenvalue weighted by Crippen LogP contribution is 2.50. The molecule has 6 nitrogen and oxygen atoms in total. The lowest BCUT2D eigenvalue weighted by Gasteiger charge is -2.50. The number of amides is 1. The third kappa shape index (κ3) is 4.67. The number of carbonyl (C=O) groups is 1. The van der Waals surface area contributed by atoms with E-state index in [9.17, 15) is 14.3 Å². The van der Waals surface area contributed by atoms with E-state index in [0.29, 0.717) is 26.1 Å². The fourth-order valence-corrected chi connectivity index (χ4v) is 6.97. The van der Waals surface area contributed by atoms with Crippen LogP contribution >= 0.6 is 0 Å². The molecule has 1 fully saturated rings. The second-order valence-corrected chi connectivity index (χ2v) is 11.3. The number of rotatable bonds is 6. The van der Waals surface area contributed by atoms with Crippen molar-refractivity contribution < 1.29 is 19.0 Å². The first-order valence-electron chi connectivity index (χ1n) is 14.0. The van der Waals surface area contributed by atoms with Crippen LogP contribution < -0.4 is 4.74 Å². The minimum absolute atomic E-state index is 0.0403. The van der Waals surface area contributed by atoms with Gasteiger partial charge in [-0.2, -0.15) is 0 Å². The van der Waals surface area contributed by atoms with E-state index in [2.05, 4.69) is 28.6 Å². The van der Waals surface area contributed by atoms with Gasteiger partial charge in [0, 0.05) is 55.8 Å². The molecule has 0 radical (unpaired) electrons. The van der Waals surface area contributed by atoms with Gasteiger partial charge in [-0.1, -0.05) is 42.5 Å². The molecule has 0 aliphatic carbocycles. The summed E-state index contributed by atoms with van der Waals surface area (Å²) in [6, 6.07) is 22.6. The molecule has 2 aliphatic heterocycles. The number of ether oxygens (including phenoxy) is 1. The summed E-state index contributed by atoms with van der Waals surface area (Å²) in [6.45, 7) is 2.57. The summed E-state index contributed by atoms with van der Waals surface area (Å²) in [5.74, 6) is 0.690. The molecule has 1 N–H and O–H groups in total. The van der Waals surface area contributed by atoms with Gasteiger partial charge in [-0.25, -0.2) is 4.39 Å². The SMILES string of the molecule is COc1ccc2c3c(n(C)c2c1)[C@H](CO)N(Cc1cccc(F)c1)CC31CCN(C(=O)Cc2ccccc2)CC1. The Morgan fingerprint density at radius 2 is 1.77 bits per heavy atom. The number of fused-ring (bicyclic) bond motifs is 4. The average Bonchev–Trinajstić information content (AvgIpc) is 3.26. The predicted octanol–water partition coefficient (Wildman–Crippen LogP) is 4.98.